The normalized spacial score (nSPS) is 29.5. The highest BCUT2D eigenvalue weighted by Gasteiger charge is 2.36. The lowest BCUT2D eigenvalue weighted by Gasteiger charge is -2.24. The molecule has 1 amide bonds. The minimum absolute atomic E-state index is 0.0781. The standard InChI is InChI=1S/C10H17N3O/c1-13-9(14)8(12-10(13)11)7-5-3-2-4-6-7/h7-8H,2-6H2,1H3,(H2,11,12). The van der Waals surface area contributed by atoms with Crippen LogP contribution in [0, 0.1) is 5.92 Å². The molecule has 2 aliphatic rings. The molecule has 0 bridgehead atoms. The van der Waals surface area contributed by atoms with Gasteiger partial charge in [-0.1, -0.05) is 19.3 Å². The molecule has 0 aromatic carbocycles. The fourth-order valence-electron chi connectivity index (χ4n) is 2.35. The van der Waals surface area contributed by atoms with Crippen molar-refractivity contribution in [1.82, 2.24) is 4.90 Å². The molecule has 4 nitrogen and oxygen atoms in total. The summed E-state index contributed by atoms with van der Waals surface area (Å²) in [5.74, 6) is 0.889. The number of nitrogens with zero attached hydrogens (tertiary/aromatic N) is 2. The van der Waals surface area contributed by atoms with E-state index in [0.29, 0.717) is 11.9 Å². The smallest absolute Gasteiger partial charge is 0.254 e. The van der Waals surface area contributed by atoms with E-state index in [1.807, 2.05) is 0 Å². The van der Waals surface area contributed by atoms with Gasteiger partial charge in [-0.2, -0.15) is 0 Å². The number of carbonyl (C=O) groups is 1. The van der Waals surface area contributed by atoms with Crippen LogP contribution in [0.4, 0.5) is 0 Å². The predicted molar refractivity (Wildman–Crippen MR) is 54.8 cm³/mol. The number of aliphatic imine (C=N–C) groups is 1. The molecule has 0 spiro atoms. The second-order valence-corrected chi connectivity index (χ2v) is 4.23. The molecular formula is C10H17N3O. The molecule has 0 aromatic rings. The Morgan fingerprint density at radius 3 is 2.50 bits per heavy atom. The molecule has 1 heterocycles. The van der Waals surface area contributed by atoms with Crippen LogP contribution in [0.1, 0.15) is 32.1 Å². The zero-order valence-electron chi connectivity index (χ0n) is 8.57. The van der Waals surface area contributed by atoms with E-state index < -0.39 is 0 Å². The first-order valence-corrected chi connectivity index (χ1v) is 5.31. The Morgan fingerprint density at radius 2 is 2.00 bits per heavy atom. The first-order valence-electron chi connectivity index (χ1n) is 5.31. The average molecular weight is 195 g/mol. The van der Waals surface area contributed by atoms with Crippen molar-refractivity contribution in [1.29, 1.82) is 0 Å². The lowest BCUT2D eigenvalue weighted by molar-refractivity contribution is -0.127. The molecule has 1 fully saturated rings. The fraction of sp³-hybridized carbons (Fsp3) is 0.800. The summed E-state index contributed by atoms with van der Waals surface area (Å²) in [7, 11) is 1.70. The van der Waals surface area contributed by atoms with Gasteiger partial charge in [0.2, 0.25) is 0 Å². The van der Waals surface area contributed by atoms with Crippen LogP contribution < -0.4 is 5.73 Å². The van der Waals surface area contributed by atoms with Crippen LogP contribution in [0.25, 0.3) is 0 Å². The average Bonchev–Trinajstić information content (AvgIpc) is 2.47. The van der Waals surface area contributed by atoms with Gasteiger partial charge in [-0.25, -0.2) is 4.99 Å². The number of nitrogens with two attached hydrogens (primary N) is 1. The number of hydrogen-bond donors (Lipinski definition) is 1. The van der Waals surface area contributed by atoms with Gasteiger partial charge in [0, 0.05) is 7.05 Å². The third kappa shape index (κ3) is 1.49. The molecule has 2 N–H and O–H groups in total. The third-order valence-corrected chi connectivity index (χ3v) is 3.29. The van der Waals surface area contributed by atoms with Crippen LogP contribution in [0.15, 0.2) is 4.99 Å². The van der Waals surface area contributed by atoms with Crippen molar-refractivity contribution in [2.45, 2.75) is 38.1 Å². The maximum atomic E-state index is 11.7. The molecule has 2 rings (SSSR count). The first kappa shape index (κ1) is 9.49. The largest absolute Gasteiger partial charge is 0.369 e. The maximum Gasteiger partial charge on any atom is 0.254 e. The SMILES string of the molecule is CN1C(=O)C(C2CCCCC2)N=C1N. The van der Waals surface area contributed by atoms with E-state index in [4.69, 9.17) is 5.73 Å². The first-order chi connectivity index (χ1) is 6.70. The maximum absolute atomic E-state index is 11.7. The summed E-state index contributed by atoms with van der Waals surface area (Å²) in [6, 6.07) is -0.180. The Bertz CT molecular complexity index is 269. The number of guanidine groups is 1. The Balaban J connectivity index is 2.07. The van der Waals surface area contributed by atoms with Crippen molar-refractivity contribution < 1.29 is 4.79 Å². The van der Waals surface area contributed by atoms with Gasteiger partial charge in [0.1, 0.15) is 6.04 Å². The van der Waals surface area contributed by atoms with E-state index >= 15 is 0 Å². The summed E-state index contributed by atoms with van der Waals surface area (Å²) >= 11 is 0. The van der Waals surface area contributed by atoms with Crippen molar-refractivity contribution in [2.24, 2.45) is 16.6 Å². The van der Waals surface area contributed by atoms with Crippen molar-refractivity contribution in [2.75, 3.05) is 7.05 Å². The summed E-state index contributed by atoms with van der Waals surface area (Å²) < 4.78 is 0. The highest BCUT2D eigenvalue weighted by atomic mass is 16.2. The Morgan fingerprint density at radius 1 is 1.36 bits per heavy atom. The zero-order chi connectivity index (χ0) is 10.1. The number of hydrogen-bond acceptors (Lipinski definition) is 3. The van der Waals surface area contributed by atoms with Crippen LogP contribution in [-0.2, 0) is 4.79 Å². The van der Waals surface area contributed by atoms with E-state index in [-0.39, 0.29) is 11.9 Å². The van der Waals surface area contributed by atoms with Gasteiger partial charge in [0.15, 0.2) is 5.96 Å². The molecule has 1 aliphatic heterocycles. The topological polar surface area (TPSA) is 58.7 Å². The molecule has 1 atom stereocenters. The quantitative estimate of drug-likeness (QED) is 0.670. The van der Waals surface area contributed by atoms with Crippen LogP contribution in [0.5, 0.6) is 0 Å². The van der Waals surface area contributed by atoms with E-state index in [9.17, 15) is 4.79 Å². The van der Waals surface area contributed by atoms with Crippen molar-refractivity contribution in [3.8, 4) is 0 Å². The van der Waals surface area contributed by atoms with Gasteiger partial charge in [-0.15, -0.1) is 0 Å². The number of amides is 1. The fourth-order valence-corrected chi connectivity index (χ4v) is 2.35. The molecule has 0 saturated heterocycles. The third-order valence-electron chi connectivity index (χ3n) is 3.29. The summed E-state index contributed by atoms with van der Waals surface area (Å²) in [6.07, 6.45) is 6.01. The van der Waals surface area contributed by atoms with Gasteiger partial charge in [-0.3, -0.25) is 9.69 Å². The van der Waals surface area contributed by atoms with E-state index in [0.717, 1.165) is 12.8 Å². The lowest BCUT2D eigenvalue weighted by Crippen LogP contribution is -2.37. The minimum Gasteiger partial charge on any atom is -0.369 e. The zero-order valence-corrected chi connectivity index (χ0v) is 8.57. The summed E-state index contributed by atoms with van der Waals surface area (Å²) in [5.41, 5.74) is 5.62. The molecule has 1 aliphatic carbocycles. The van der Waals surface area contributed by atoms with Crippen LogP contribution in [0.3, 0.4) is 0 Å². The summed E-state index contributed by atoms with van der Waals surface area (Å²) in [4.78, 5) is 17.5. The minimum atomic E-state index is -0.180. The Hall–Kier alpha value is -1.06. The molecule has 0 aromatic heterocycles. The van der Waals surface area contributed by atoms with Crippen molar-refractivity contribution in [3.63, 3.8) is 0 Å². The monoisotopic (exact) mass is 195 g/mol. The lowest BCUT2D eigenvalue weighted by atomic mass is 9.84. The molecule has 4 heteroatoms. The number of rotatable bonds is 1. The van der Waals surface area contributed by atoms with E-state index in [2.05, 4.69) is 4.99 Å². The molecule has 0 radical (unpaired) electrons. The Labute approximate surface area is 84.2 Å². The molecule has 14 heavy (non-hydrogen) atoms. The van der Waals surface area contributed by atoms with Gasteiger partial charge in [0.05, 0.1) is 0 Å². The predicted octanol–water partition coefficient (Wildman–Crippen LogP) is 0.722. The molecule has 1 saturated carbocycles. The van der Waals surface area contributed by atoms with Gasteiger partial charge in [0.25, 0.3) is 5.91 Å². The van der Waals surface area contributed by atoms with Gasteiger partial charge >= 0.3 is 0 Å². The van der Waals surface area contributed by atoms with Crippen molar-refractivity contribution in [3.05, 3.63) is 0 Å². The molecule has 78 valence electrons. The van der Waals surface area contributed by atoms with E-state index in [1.54, 1.807) is 7.05 Å². The number of carbonyl (C=O) groups excluding carboxylic acids is 1. The van der Waals surface area contributed by atoms with Crippen molar-refractivity contribution >= 4 is 11.9 Å². The molecular weight excluding hydrogens is 178 g/mol. The number of likely N-dealkylation sites (N-methyl/N-ethyl adjacent to an activating group) is 1. The summed E-state index contributed by atoms with van der Waals surface area (Å²) in [5, 5.41) is 0. The summed E-state index contributed by atoms with van der Waals surface area (Å²) in [6.45, 7) is 0. The highest BCUT2D eigenvalue weighted by molar-refractivity contribution is 6.04. The van der Waals surface area contributed by atoms with Crippen LogP contribution in [-0.4, -0.2) is 29.9 Å². The Kier molecular flexibility index (Phi) is 2.44. The van der Waals surface area contributed by atoms with E-state index in [1.165, 1.54) is 24.2 Å². The highest BCUT2D eigenvalue weighted by Crippen LogP contribution is 2.30. The second kappa shape index (κ2) is 3.59. The van der Waals surface area contributed by atoms with Crippen LogP contribution >= 0.6 is 0 Å². The van der Waals surface area contributed by atoms with Gasteiger partial charge < -0.3 is 5.73 Å². The molecule has 1 unspecified atom stereocenters. The second-order valence-electron chi connectivity index (χ2n) is 4.23. The van der Waals surface area contributed by atoms with Crippen LogP contribution in [0.2, 0.25) is 0 Å². The van der Waals surface area contributed by atoms with Gasteiger partial charge in [-0.05, 0) is 18.8 Å².